The Labute approximate surface area is 241 Å². The number of primary amides is 1. The van der Waals surface area contributed by atoms with Gasteiger partial charge in [-0.15, -0.1) is 0 Å². The molecule has 0 fully saturated rings. The first kappa shape index (κ1) is 31.5. The van der Waals surface area contributed by atoms with Gasteiger partial charge in [-0.05, 0) is 73.1 Å². The second-order valence-electron chi connectivity index (χ2n) is 10.6. The molecule has 8 heteroatoms. The van der Waals surface area contributed by atoms with Crippen molar-refractivity contribution in [3.8, 4) is 5.75 Å². The Balaban J connectivity index is 1.69. The first-order valence-corrected chi connectivity index (χ1v) is 13.8. The van der Waals surface area contributed by atoms with Crippen LogP contribution in [0.25, 0.3) is 0 Å². The molecule has 0 spiro atoms. The number of phenolic OH excluding ortho intramolecular Hbond substituents is 1. The number of hydrogen-bond donors (Lipinski definition) is 6. The normalized spacial score (nSPS) is 15.1. The lowest BCUT2D eigenvalue weighted by Gasteiger charge is -2.24. The number of phenols is 1. The van der Waals surface area contributed by atoms with E-state index in [9.17, 15) is 24.9 Å². The van der Waals surface area contributed by atoms with Crippen LogP contribution in [0, 0.1) is 19.8 Å². The van der Waals surface area contributed by atoms with Crippen LogP contribution in [0.15, 0.2) is 84.9 Å². The molecule has 0 aliphatic rings. The van der Waals surface area contributed by atoms with Crippen molar-refractivity contribution in [2.75, 3.05) is 0 Å². The van der Waals surface area contributed by atoms with Gasteiger partial charge in [0.25, 0.3) is 0 Å². The molecular weight excluding hydrogens is 518 g/mol. The van der Waals surface area contributed by atoms with Crippen molar-refractivity contribution in [2.24, 2.45) is 17.4 Å². The lowest BCUT2D eigenvalue weighted by Crippen LogP contribution is -2.50. The van der Waals surface area contributed by atoms with E-state index in [1.165, 1.54) is 6.08 Å². The number of carbonyl (C=O) groups is 2. The van der Waals surface area contributed by atoms with E-state index in [4.69, 9.17) is 11.5 Å². The fraction of sp³-hybridized carbons (Fsp3) is 0.333. The molecular formula is C33H41N3O5. The molecule has 0 radical (unpaired) electrons. The third kappa shape index (κ3) is 9.56. The summed E-state index contributed by atoms with van der Waals surface area (Å²) in [5.41, 5.74) is 16.3. The molecule has 8 N–H and O–H groups in total. The van der Waals surface area contributed by atoms with E-state index in [2.05, 4.69) is 5.32 Å². The molecule has 41 heavy (non-hydrogen) atoms. The molecule has 0 saturated heterocycles. The van der Waals surface area contributed by atoms with Gasteiger partial charge < -0.3 is 32.1 Å². The van der Waals surface area contributed by atoms with E-state index in [-0.39, 0.29) is 25.0 Å². The zero-order chi connectivity index (χ0) is 29.9. The smallest absolute Gasteiger partial charge is 0.240 e. The summed E-state index contributed by atoms with van der Waals surface area (Å²) in [6.45, 7) is 3.77. The maximum Gasteiger partial charge on any atom is 0.240 e. The number of aryl methyl sites for hydroxylation is 2. The van der Waals surface area contributed by atoms with Gasteiger partial charge in [-0.2, -0.15) is 0 Å². The van der Waals surface area contributed by atoms with Gasteiger partial charge in [-0.3, -0.25) is 9.59 Å². The van der Waals surface area contributed by atoms with Crippen molar-refractivity contribution in [1.29, 1.82) is 0 Å². The first-order chi connectivity index (χ1) is 19.5. The number of hydrogen-bond acceptors (Lipinski definition) is 6. The number of nitrogens with two attached hydrogens (primary N) is 2. The predicted molar refractivity (Wildman–Crippen MR) is 160 cm³/mol. The Bertz CT molecular complexity index is 1290. The molecule has 2 amide bonds. The molecule has 0 aromatic heterocycles. The molecule has 0 aliphatic carbocycles. The second-order valence-corrected chi connectivity index (χ2v) is 10.6. The Morgan fingerprint density at radius 2 is 1.41 bits per heavy atom. The summed E-state index contributed by atoms with van der Waals surface area (Å²) in [5, 5.41) is 34.3. The average Bonchev–Trinajstić information content (AvgIpc) is 2.94. The average molecular weight is 560 g/mol. The van der Waals surface area contributed by atoms with Crippen molar-refractivity contribution in [3.63, 3.8) is 0 Å². The van der Waals surface area contributed by atoms with Crippen molar-refractivity contribution < 1.29 is 24.9 Å². The first-order valence-electron chi connectivity index (χ1n) is 13.8. The Morgan fingerprint density at radius 3 is 1.95 bits per heavy atom. The van der Waals surface area contributed by atoms with Crippen LogP contribution >= 0.6 is 0 Å². The molecule has 3 aromatic rings. The third-order valence-electron chi connectivity index (χ3n) is 7.32. The van der Waals surface area contributed by atoms with Crippen molar-refractivity contribution >= 4 is 11.8 Å². The van der Waals surface area contributed by atoms with Crippen molar-refractivity contribution in [2.45, 2.75) is 63.8 Å². The lowest BCUT2D eigenvalue weighted by atomic mass is 9.91. The standard InChI is InChI=1S/C33H41N3O5/c1-21-16-25(37)17-22(2)26(21)20-28(34)31(39)15-9-14-30(38)27(18-23-10-5-3-6-11-23)33(41)36-29(32(35)40)19-24-12-7-4-8-13-24/h3-14,16-17,27-31,37-39H,15,18-20,34H2,1-2H3,(H2,35,40)(H,36,41)/b14-9+/t27-,28-,29-,30+,31-/m0/s1. The molecule has 8 nitrogen and oxygen atoms in total. The number of aliphatic hydroxyl groups is 2. The van der Waals surface area contributed by atoms with Gasteiger partial charge in [-0.1, -0.05) is 72.8 Å². The largest absolute Gasteiger partial charge is 0.508 e. The quantitative estimate of drug-likeness (QED) is 0.167. The summed E-state index contributed by atoms with van der Waals surface area (Å²) in [6, 6.07) is 20.4. The second kappa shape index (κ2) is 15.1. The van der Waals surface area contributed by atoms with E-state index < -0.39 is 42.0 Å². The van der Waals surface area contributed by atoms with Gasteiger partial charge in [-0.25, -0.2) is 0 Å². The maximum absolute atomic E-state index is 13.4. The number of rotatable bonds is 14. The van der Waals surface area contributed by atoms with Crippen LogP contribution in [-0.2, 0) is 28.9 Å². The SMILES string of the molecule is Cc1cc(O)cc(C)c1C[C@H](N)[C@@H](O)C/C=C/[C@@H](O)[C@H](Cc1ccccc1)C(=O)N[C@@H](Cc1ccccc1)C(N)=O. The molecule has 0 heterocycles. The van der Waals surface area contributed by atoms with E-state index >= 15 is 0 Å². The van der Waals surface area contributed by atoms with E-state index in [0.717, 1.165) is 27.8 Å². The number of carbonyl (C=O) groups excluding carboxylic acids is 2. The van der Waals surface area contributed by atoms with Crippen molar-refractivity contribution in [3.05, 3.63) is 113 Å². The van der Waals surface area contributed by atoms with Gasteiger partial charge in [0, 0.05) is 12.5 Å². The van der Waals surface area contributed by atoms with Crippen LogP contribution in [0.1, 0.15) is 34.2 Å². The fourth-order valence-corrected chi connectivity index (χ4v) is 4.92. The van der Waals surface area contributed by atoms with Gasteiger partial charge in [0.05, 0.1) is 18.1 Å². The number of nitrogens with one attached hydrogen (secondary N) is 1. The predicted octanol–water partition coefficient (Wildman–Crippen LogP) is 2.62. The maximum atomic E-state index is 13.4. The minimum Gasteiger partial charge on any atom is -0.508 e. The van der Waals surface area contributed by atoms with Crippen LogP contribution in [-0.4, -0.2) is 51.4 Å². The highest BCUT2D eigenvalue weighted by molar-refractivity contribution is 5.88. The molecule has 0 unspecified atom stereocenters. The van der Waals surface area contributed by atoms with Crippen LogP contribution < -0.4 is 16.8 Å². The summed E-state index contributed by atoms with van der Waals surface area (Å²) in [6.07, 6.45) is 2.08. The Morgan fingerprint density at radius 1 is 0.878 bits per heavy atom. The Hall–Kier alpha value is -3.98. The number of aliphatic hydroxyl groups excluding tert-OH is 2. The zero-order valence-corrected chi connectivity index (χ0v) is 23.6. The lowest BCUT2D eigenvalue weighted by molar-refractivity contribution is -0.131. The summed E-state index contributed by atoms with van der Waals surface area (Å²) in [5.74, 6) is -1.88. The summed E-state index contributed by atoms with van der Waals surface area (Å²) >= 11 is 0. The third-order valence-corrected chi connectivity index (χ3v) is 7.32. The molecule has 5 atom stereocenters. The summed E-state index contributed by atoms with van der Waals surface area (Å²) in [7, 11) is 0. The molecule has 3 rings (SSSR count). The highest BCUT2D eigenvalue weighted by Gasteiger charge is 2.29. The highest BCUT2D eigenvalue weighted by atomic mass is 16.3. The summed E-state index contributed by atoms with van der Waals surface area (Å²) < 4.78 is 0. The van der Waals surface area contributed by atoms with Gasteiger partial charge in [0.1, 0.15) is 11.8 Å². The minimum atomic E-state index is -1.19. The van der Waals surface area contributed by atoms with Crippen LogP contribution in [0.3, 0.4) is 0 Å². The molecule has 218 valence electrons. The van der Waals surface area contributed by atoms with E-state index in [1.807, 2.05) is 74.5 Å². The van der Waals surface area contributed by atoms with E-state index in [1.54, 1.807) is 18.2 Å². The number of benzene rings is 3. The minimum absolute atomic E-state index is 0.173. The van der Waals surface area contributed by atoms with Crippen LogP contribution in [0.4, 0.5) is 0 Å². The van der Waals surface area contributed by atoms with Gasteiger partial charge in [0.15, 0.2) is 0 Å². The molecule has 0 aliphatic heterocycles. The molecule has 3 aromatic carbocycles. The van der Waals surface area contributed by atoms with Crippen LogP contribution in [0.2, 0.25) is 0 Å². The monoisotopic (exact) mass is 559 g/mol. The van der Waals surface area contributed by atoms with Crippen LogP contribution in [0.5, 0.6) is 5.75 Å². The number of aromatic hydroxyl groups is 1. The van der Waals surface area contributed by atoms with E-state index in [0.29, 0.717) is 6.42 Å². The highest BCUT2D eigenvalue weighted by Crippen LogP contribution is 2.23. The van der Waals surface area contributed by atoms with Gasteiger partial charge in [0.2, 0.25) is 11.8 Å². The topological polar surface area (TPSA) is 159 Å². The molecule has 0 saturated carbocycles. The zero-order valence-electron chi connectivity index (χ0n) is 23.6. The van der Waals surface area contributed by atoms with Gasteiger partial charge >= 0.3 is 0 Å². The van der Waals surface area contributed by atoms with Crippen molar-refractivity contribution in [1.82, 2.24) is 5.32 Å². The fourth-order valence-electron chi connectivity index (χ4n) is 4.92. The Kier molecular flexibility index (Phi) is 11.6. The number of amides is 2. The molecule has 0 bridgehead atoms. The summed E-state index contributed by atoms with van der Waals surface area (Å²) in [4.78, 5) is 25.6.